The Kier molecular flexibility index (Phi) is 3.24. The van der Waals surface area contributed by atoms with Gasteiger partial charge in [0.25, 0.3) is 0 Å². The van der Waals surface area contributed by atoms with Crippen LogP contribution in [0.3, 0.4) is 0 Å². The Bertz CT molecular complexity index is 349. The smallest absolute Gasteiger partial charge is 0.222 e. The maximum absolute atomic E-state index is 9.68. The molecule has 88 valence electrons. The van der Waals surface area contributed by atoms with Gasteiger partial charge >= 0.3 is 0 Å². The first-order chi connectivity index (χ1) is 7.65. The van der Waals surface area contributed by atoms with Crippen LogP contribution in [-0.4, -0.2) is 27.7 Å². The van der Waals surface area contributed by atoms with Crippen molar-refractivity contribution in [1.29, 1.82) is 0 Å². The van der Waals surface area contributed by atoms with Gasteiger partial charge in [-0.2, -0.15) is 4.98 Å². The van der Waals surface area contributed by atoms with Crippen LogP contribution in [0, 0.1) is 12.8 Å². The number of nitrogens with one attached hydrogen (secondary N) is 1. The summed E-state index contributed by atoms with van der Waals surface area (Å²) in [5, 5.41) is 12.9. The van der Waals surface area contributed by atoms with Gasteiger partial charge in [0.15, 0.2) is 0 Å². The summed E-state index contributed by atoms with van der Waals surface area (Å²) >= 11 is 0. The van der Waals surface area contributed by atoms with Crippen molar-refractivity contribution in [1.82, 2.24) is 9.97 Å². The van der Waals surface area contributed by atoms with E-state index in [0.717, 1.165) is 37.3 Å². The van der Waals surface area contributed by atoms with Crippen LogP contribution >= 0.6 is 0 Å². The summed E-state index contributed by atoms with van der Waals surface area (Å²) in [6, 6.07) is 1.86. The van der Waals surface area contributed by atoms with Gasteiger partial charge in [-0.05, 0) is 19.8 Å². The average Bonchev–Trinajstić information content (AvgIpc) is 2.59. The van der Waals surface area contributed by atoms with Crippen molar-refractivity contribution in [2.45, 2.75) is 32.3 Å². The van der Waals surface area contributed by atoms with Crippen molar-refractivity contribution in [3.63, 3.8) is 0 Å². The lowest BCUT2D eigenvalue weighted by atomic mass is 10.1. The van der Waals surface area contributed by atoms with Crippen LogP contribution in [0.2, 0.25) is 0 Å². The molecule has 0 saturated heterocycles. The number of nitrogens with two attached hydrogens (primary N) is 1. The lowest BCUT2D eigenvalue weighted by Crippen LogP contribution is -2.22. The molecule has 0 amide bonds. The van der Waals surface area contributed by atoms with Gasteiger partial charge in [0.1, 0.15) is 5.82 Å². The van der Waals surface area contributed by atoms with Gasteiger partial charge in [-0.1, -0.05) is 6.42 Å². The fraction of sp³-hybridized carbons (Fsp3) is 0.636. The molecule has 0 radical (unpaired) electrons. The van der Waals surface area contributed by atoms with Crippen molar-refractivity contribution < 1.29 is 5.11 Å². The zero-order chi connectivity index (χ0) is 11.5. The number of aryl methyl sites for hydroxylation is 1. The van der Waals surface area contributed by atoms with Crippen molar-refractivity contribution in [2.24, 2.45) is 5.92 Å². The highest BCUT2D eigenvalue weighted by Gasteiger charge is 2.24. The molecular formula is C11H18N4O. The summed E-state index contributed by atoms with van der Waals surface area (Å²) in [5.74, 6) is 1.36. The lowest BCUT2D eigenvalue weighted by molar-refractivity contribution is 0.138. The summed E-state index contributed by atoms with van der Waals surface area (Å²) < 4.78 is 0. The molecular weight excluding hydrogens is 204 g/mol. The summed E-state index contributed by atoms with van der Waals surface area (Å²) in [6.07, 6.45) is 2.93. The van der Waals surface area contributed by atoms with Crippen molar-refractivity contribution in [3.8, 4) is 0 Å². The van der Waals surface area contributed by atoms with Crippen LogP contribution in [0.15, 0.2) is 6.07 Å². The highest BCUT2D eigenvalue weighted by molar-refractivity contribution is 5.40. The van der Waals surface area contributed by atoms with E-state index in [2.05, 4.69) is 15.3 Å². The molecule has 0 aliphatic heterocycles. The minimum absolute atomic E-state index is 0.173. The van der Waals surface area contributed by atoms with Gasteiger partial charge < -0.3 is 16.2 Å². The SMILES string of the molecule is Cc1cc(NCC2CCCC2O)nc(N)n1. The Labute approximate surface area is 95.1 Å². The normalized spacial score (nSPS) is 24.6. The van der Waals surface area contributed by atoms with Gasteiger partial charge in [0.05, 0.1) is 6.10 Å². The first kappa shape index (κ1) is 11.1. The van der Waals surface area contributed by atoms with E-state index in [1.54, 1.807) is 0 Å². The molecule has 5 nitrogen and oxygen atoms in total. The van der Waals surface area contributed by atoms with Gasteiger partial charge in [-0.25, -0.2) is 4.98 Å². The quantitative estimate of drug-likeness (QED) is 0.709. The predicted octanol–water partition coefficient (Wildman–Crippen LogP) is 0.940. The molecule has 1 aromatic heterocycles. The Hall–Kier alpha value is -1.36. The Balaban J connectivity index is 1.94. The number of nitrogen functional groups attached to an aromatic ring is 1. The molecule has 4 N–H and O–H groups in total. The molecule has 1 fully saturated rings. The minimum Gasteiger partial charge on any atom is -0.393 e. The molecule has 2 atom stereocenters. The highest BCUT2D eigenvalue weighted by atomic mass is 16.3. The van der Waals surface area contributed by atoms with Crippen LogP contribution in [0.5, 0.6) is 0 Å². The second kappa shape index (κ2) is 4.65. The highest BCUT2D eigenvalue weighted by Crippen LogP contribution is 2.25. The number of aliphatic hydroxyl groups excluding tert-OH is 1. The summed E-state index contributed by atoms with van der Waals surface area (Å²) in [5.41, 5.74) is 6.41. The van der Waals surface area contributed by atoms with E-state index in [0.29, 0.717) is 5.92 Å². The van der Waals surface area contributed by atoms with Gasteiger partial charge in [-0.3, -0.25) is 0 Å². The van der Waals surface area contributed by atoms with Crippen LogP contribution in [0.4, 0.5) is 11.8 Å². The third-order valence-electron chi connectivity index (χ3n) is 3.04. The molecule has 2 rings (SSSR count). The third kappa shape index (κ3) is 2.61. The molecule has 1 aliphatic rings. The molecule has 5 heteroatoms. The molecule has 1 saturated carbocycles. The first-order valence-electron chi connectivity index (χ1n) is 5.68. The van der Waals surface area contributed by atoms with Gasteiger partial charge in [-0.15, -0.1) is 0 Å². The number of aliphatic hydroxyl groups is 1. The zero-order valence-corrected chi connectivity index (χ0v) is 9.48. The molecule has 1 aliphatic carbocycles. The number of hydrogen-bond acceptors (Lipinski definition) is 5. The minimum atomic E-state index is -0.173. The van der Waals surface area contributed by atoms with Crippen LogP contribution in [-0.2, 0) is 0 Å². The summed E-state index contributed by atoms with van der Waals surface area (Å²) in [7, 11) is 0. The largest absolute Gasteiger partial charge is 0.393 e. The van der Waals surface area contributed by atoms with Gasteiger partial charge in [0, 0.05) is 24.2 Å². The van der Waals surface area contributed by atoms with E-state index in [1.165, 1.54) is 0 Å². The lowest BCUT2D eigenvalue weighted by Gasteiger charge is -2.15. The monoisotopic (exact) mass is 222 g/mol. The van der Waals surface area contributed by atoms with E-state index < -0.39 is 0 Å². The standard InChI is InChI=1S/C11H18N4O/c1-7-5-10(15-11(12)14-7)13-6-8-3-2-4-9(8)16/h5,8-9,16H,2-4,6H2,1H3,(H3,12,13,14,15). The number of rotatable bonds is 3. The second-order valence-electron chi connectivity index (χ2n) is 4.39. The molecule has 0 aromatic carbocycles. The van der Waals surface area contributed by atoms with Gasteiger partial charge in [0.2, 0.25) is 5.95 Å². The molecule has 1 heterocycles. The summed E-state index contributed by atoms with van der Waals surface area (Å²) in [4.78, 5) is 8.10. The van der Waals surface area contributed by atoms with Crippen LogP contribution < -0.4 is 11.1 Å². The van der Waals surface area contributed by atoms with Crippen molar-refractivity contribution in [2.75, 3.05) is 17.6 Å². The topological polar surface area (TPSA) is 84.1 Å². The molecule has 1 aromatic rings. The van der Waals surface area contributed by atoms with E-state index in [9.17, 15) is 5.11 Å². The van der Waals surface area contributed by atoms with E-state index in [4.69, 9.17) is 5.73 Å². The van der Waals surface area contributed by atoms with E-state index in [1.807, 2.05) is 13.0 Å². The maximum atomic E-state index is 9.68. The van der Waals surface area contributed by atoms with Crippen LogP contribution in [0.1, 0.15) is 25.0 Å². The second-order valence-corrected chi connectivity index (χ2v) is 4.39. The number of hydrogen-bond donors (Lipinski definition) is 3. The molecule has 0 spiro atoms. The van der Waals surface area contributed by atoms with E-state index >= 15 is 0 Å². The zero-order valence-electron chi connectivity index (χ0n) is 9.48. The third-order valence-corrected chi connectivity index (χ3v) is 3.04. The molecule has 0 bridgehead atoms. The Morgan fingerprint density at radius 1 is 1.50 bits per heavy atom. The first-order valence-corrected chi connectivity index (χ1v) is 5.68. The number of nitrogens with zero attached hydrogens (tertiary/aromatic N) is 2. The number of anilines is 2. The fourth-order valence-corrected chi connectivity index (χ4v) is 2.17. The summed E-state index contributed by atoms with van der Waals surface area (Å²) in [6.45, 7) is 2.63. The predicted molar refractivity (Wildman–Crippen MR) is 63.0 cm³/mol. The fourth-order valence-electron chi connectivity index (χ4n) is 2.17. The van der Waals surface area contributed by atoms with E-state index in [-0.39, 0.29) is 12.1 Å². The van der Waals surface area contributed by atoms with Crippen LogP contribution in [0.25, 0.3) is 0 Å². The average molecular weight is 222 g/mol. The Morgan fingerprint density at radius 2 is 2.31 bits per heavy atom. The molecule has 16 heavy (non-hydrogen) atoms. The number of aromatic nitrogens is 2. The van der Waals surface area contributed by atoms with Crippen molar-refractivity contribution in [3.05, 3.63) is 11.8 Å². The maximum Gasteiger partial charge on any atom is 0.222 e. The Morgan fingerprint density at radius 3 is 2.94 bits per heavy atom. The van der Waals surface area contributed by atoms with Crippen molar-refractivity contribution >= 4 is 11.8 Å². The molecule has 2 unspecified atom stereocenters.